The Morgan fingerprint density at radius 1 is 0.909 bits per heavy atom. The van der Waals surface area contributed by atoms with Crippen molar-refractivity contribution >= 4 is 69.4 Å². The summed E-state index contributed by atoms with van der Waals surface area (Å²) in [4.78, 5) is 5.33. The lowest BCUT2D eigenvalue weighted by atomic mass is 10.1. The molecule has 0 saturated heterocycles. The number of aryl methyl sites for hydroxylation is 1. The fourth-order valence-electron chi connectivity index (χ4n) is 2.93. The van der Waals surface area contributed by atoms with E-state index < -0.39 is 10.0 Å². The second-order valence-electron chi connectivity index (χ2n) is 7.34. The molecule has 0 spiro atoms. The molecular weight excluding hydrogens is 476 g/mol. The van der Waals surface area contributed by atoms with Crippen LogP contribution in [0.25, 0.3) is 9.53 Å². The van der Waals surface area contributed by atoms with Crippen LogP contribution in [-0.4, -0.2) is 19.7 Å². The molecule has 4 aromatic rings. The molecule has 0 fully saturated rings. The van der Waals surface area contributed by atoms with E-state index in [9.17, 15) is 8.42 Å². The Balaban J connectivity index is 1.39. The molecule has 2 aromatic heterocycles. The van der Waals surface area contributed by atoms with E-state index in [-0.39, 0.29) is 0 Å². The van der Waals surface area contributed by atoms with Gasteiger partial charge in [0.05, 0.1) is 22.3 Å². The zero-order valence-corrected chi connectivity index (χ0v) is 20.5. The molecule has 0 radical (unpaired) electrons. The zero-order valence-electron chi connectivity index (χ0n) is 18.1. The van der Waals surface area contributed by atoms with Gasteiger partial charge < -0.3 is 0 Å². The zero-order chi connectivity index (χ0) is 23.3. The van der Waals surface area contributed by atoms with E-state index in [2.05, 4.69) is 49.2 Å². The van der Waals surface area contributed by atoms with Crippen LogP contribution in [0.3, 0.4) is 0 Å². The number of benzene rings is 2. The van der Waals surface area contributed by atoms with Crippen LogP contribution >= 0.6 is 22.7 Å². The molecule has 2 heterocycles. The van der Waals surface area contributed by atoms with E-state index in [1.807, 2.05) is 18.2 Å². The maximum atomic E-state index is 11.3. The number of anilines is 1. The smallest absolute Gasteiger partial charge is 0.231 e. The fraction of sp³-hybridized carbons (Fsp3) is 0.227. The van der Waals surface area contributed by atoms with E-state index in [4.69, 9.17) is 0 Å². The fourth-order valence-corrected chi connectivity index (χ4v) is 5.35. The van der Waals surface area contributed by atoms with Crippen molar-refractivity contribution in [2.24, 2.45) is 20.5 Å². The Labute approximate surface area is 200 Å². The minimum Gasteiger partial charge on any atom is -0.284 e. The summed E-state index contributed by atoms with van der Waals surface area (Å²) in [5, 5.41) is 18.4. The lowest BCUT2D eigenvalue weighted by Gasteiger charge is -2.02. The number of hydrogen-bond donors (Lipinski definition) is 1. The molecule has 2 aromatic carbocycles. The predicted octanol–water partition coefficient (Wildman–Crippen LogP) is 7.90. The van der Waals surface area contributed by atoms with Gasteiger partial charge >= 0.3 is 0 Å². The summed E-state index contributed by atoms with van der Waals surface area (Å²) in [6, 6.07) is 16.8. The van der Waals surface area contributed by atoms with E-state index in [0.29, 0.717) is 16.5 Å². The van der Waals surface area contributed by atoms with E-state index in [1.54, 1.807) is 24.3 Å². The number of nitrogens with zero attached hydrogens (tertiary/aromatic N) is 5. The van der Waals surface area contributed by atoms with Gasteiger partial charge in [-0.25, -0.2) is 13.4 Å². The predicted molar refractivity (Wildman–Crippen MR) is 136 cm³/mol. The first kappa shape index (κ1) is 23.1. The Bertz CT molecular complexity index is 1360. The molecule has 0 aliphatic heterocycles. The first-order chi connectivity index (χ1) is 15.9. The summed E-state index contributed by atoms with van der Waals surface area (Å²) < 4.78 is 25.9. The molecule has 0 bridgehead atoms. The topological polar surface area (TPSA) is 108 Å². The number of sulfonamides is 1. The second-order valence-corrected chi connectivity index (χ2v) is 11.1. The van der Waals surface area contributed by atoms with Crippen molar-refractivity contribution in [2.75, 3.05) is 11.0 Å². The number of unbranched alkanes of at least 4 members (excludes halogenated alkanes) is 1. The summed E-state index contributed by atoms with van der Waals surface area (Å²) in [6.45, 7) is 2.19. The third kappa shape index (κ3) is 6.73. The highest BCUT2D eigenvalue weighted by Crippen LogP contribution is 2.39. The molecule has 0 saturated carbocycles. The quantitative estimate of drug-likeness (QED) is 0.237. The molecule has 11 heteroatoms. The van der Waals surface area contributed by atoms with Crippen LogP contribution in [0.1, 0.15) is 25.3 Å². The minimum atomic E-state index is -3.31. The van der Waals surface area contributed by atoms with Crippen molar-refractivity contribution < 1.29 is 8.42 Å². The standard InChI is InChI=1S/C22H22N6O2S3/c1-3-4-5-15-6-8-16(9-7-15)24-26-20-14-19-21(32-20)23-22(31-19)27-25-17-10-12-18(13-11-17)28-33(2,29)30/h6-14,28H,3-5H2,1-2H3. The third-order valence-electron chi connectivity index (χ3n) is 4.51. The van der Waals surface area contributed by atoms with Crippen LogP contribution < -0.4 is 4.72 Å². The van der Waals surface area contributed by atoms with Crippen LogP contribution in [0.5, 0.6) is 0 Å². The van der Waals surface area contributed by atoms with Crippen molar-refractivity contribution in [3.05, 3.63) is 60.2 Å². The highest BCUT2D eigenvalue weighted by atomic mass is 32.2. The number of nitrogens with one attached hydrogen (secondary N) is 1. The number of fused-ring (bicyclic) bond motifs is 1. The summed E-state index contributed by atoms with van der Waals surface area (Å²) in [5.41, 5.74) is 3.22. The van der Waals surface area contributed by atoms with Gasteiger partial charge in [-0.05, 0) is 60.9 Å². The van der Waals surface area contributed by atoms with Crippen molar-refractivity contribution in [1.82, 2.24) is 4.98 Å². The molecule has 33 heavy (non-hydrogen) atoms. The van der Waals surface area contributed by atoms with Gasteiger partial charge in [-0.3, -0.25) is 4.72 Å². The summed E-state index contributed by atoms with van der Waals surface area (Å²) in [5.74, 6) is 0. The van der Waals surface area contributed by atoms with Crippen LogP contribution in [0.2, 0.25) is 0 Å². The minimum absolute atomic E-state index is 0.473. The van der Waals surface area contributed by atoms with Crippen molar-refractivity contribution in [3.63, 3.8) is 0 Å². The second kappa shape index (κ2) is 10.3. The number of aromatic nitrogens is 1. The average molecular weight is 499 g/mol. The lowest BCUT2D eigenvalue weighted by Crippen LogP contribution is -2.09. The average Bonchev–Trinajstić information content (AvgIpc) is 3.34. The first-order valence-electron chi connectivity index (χ1n) is 10.3. The van der Waals surface area contributed by atoms with Crippen molar-refractivity contribution in [1.29, 1.82) is 0 Å². The number of thiophene rings is 1. The maximum Gasteiger partial charge on any atom is 0.231 e. The number of azo groups is 2. The van der Waals surface area contributed by atoms with Crippen LogP contribution in [-0.2, 0) is 16.4 Å². The highest BCUT2D eigenvalue weighted by molar-refractivity contribution is 7.92. The summed E-state index contributed by atoms with van der Waals surface area (Å²) >= 11 is 2.88. The van der Waals surface area contributed by atoms with Gasteiger partial charge in [0.15, 0.2) is 0 Å². The van der Waals surface area contributed by atoms with Crippen molar-refractivity contribution in [3.8, 4) is 0 Å². The molecule has 170 valence electrons. The third-order valence-corrected chi connectivity index (χ3v) is 7.04. The van der Waals surface area contributed by atoms with Gasteiger partial charge in [0.1, 0.15) is 9.83 Å². The first-order valence-corrected chi connectivity index (χ1v) is 13.8. The van der Waals surface area contributed by atoms with E-state index in [1.165, 1.54) is 41.1 Å². The molecule has 0 unspecified atom stereocenters. The van der Waals surface area contributed by atoms with E-state index >= 15 is 0 Å². The number of thiazole rings is 1. The summed E-state index contributed by atoms with van der Waals surface area (Å²) in [7, 11) is -3.31. The monoisotopic (exact) mass is 498 g/mol. The highest BCUT2D eigenvalue weighted by Gasteiger charge is 2.08. The molecule has 0 atom stereocenters. The van der Waals surface area contributed by atoms with Gasteiger partial charge in [0.25, 0.3) is 0 Å². The molecule has 0 aliphatic carbocycles. The Kier molecular flexibility index (Phi) is 7.21. The summed E-state index contributed by atoms with van der Waals surface area (Å²) in [6.07, 6.45) is 4.57. The Hall–Kier alpha value is -3.02. The van der Waals surface area contributed by atoms with Crippen molar-refractivity contribution in [2.45, 2.75) is 26.2 Å². The molecule has 1 N–H and O–H groups in total. The Morgan fingerprint density at radius 3 is 2.21 bits per heavy atom. The molecular formula is C22H22N6O2S3. The Morgan fingerprint density at radius 2 is 1.58 bits per heavy atom. The lowest BCUT2D eigenvalue weighted by molar-refractivity contribution is 0.607. The normalized spacial score (nSPS) is 12.3. The largest absolute Gasteiger partial charge is 0.284 e. The van der Waals surface area contributed by atoms with Crippen LogP contribution in [0.4, 0.5) is 27.2 Å². The number of hydrogen-bond acceptors (Lipinski definition) is 9. The van der Waals surface area contributed by atoms with Crippen LogP contribution in [0.15, 0.2) is 75.1 Å². The van der Waals surface area contributed by atoms with Gasteiger partial charge in [0.2, 0.25) is 15.2 Å². The maximum absolute atomic E-state index is 11.3. The molecule has 0 amide bonds. The van der Waals surface area contributed by atoms with Gasteiger partial charge in [-0.2, -0.15) is 0 Å². The van der Waals surface area contributed by atoms with Gasteiger partial charge in [-0.15, -0.1) is 20.5 Å². The van der Waals surface area contributed by atoms with Gasteiger partial charge in [0, 0.05) is 5.69 Å². The molecule has 8 nitrogen and oxygen atoms in total. The molecule has 4 rings (SSSR count). The van der Waals surface area contributed by atoms with Crippen LogP contribution in [0, 0.1) is 0 Å². The number of rotatable bonds is 9. The van der Waals surface area contributed by atoms with E-state index in [0.717, 1.165) is 32.9 Å². The SMILES string of the molecule is CCCCc1ccc(N=Nc2cc3sc(N=Nc4ccc(NS(C)(=O)=O)cc4)nc3s2)cc1. The van der Waals surface area contributed by atoms with Gasteiger partial charge in [-0.1, -0.05) is 48.2 Å². The molecule has 0 aliphatic rings.